The lowest BCUT2D eigenvalue weighted by Gasteiger charge is -2.25. The molecule has 1 atom stereocenters. The Kier molecular flexibility index (Phi) is 5.51. The van der Waals surface area contributed by atoms with E-state index in [0.29, 0.717) is 26.3 Å². The van der Waals surface area contributed by atoms with E-state index in [1.807, 2.05) is 42.5 Å². The summed E-state index contributed by atoms with van der Waals surface area (Å²) in [5.74, 6) is 0.862. The van der Waals surface area contributed by atoms with Gasteiger partial charge in [0.1, 0.15) is 18.0 Å². The zero-order chi connectivity index (χ0) is 16.8. The van der Waals surface area contributed by atoms with Crippen LogP contribution in [0.3, 0.4) is 0 Å². The molecule has 0 aliphatic heterocycles. The largest absolute Gasteiger partial charge is 0.491 e. The zero-order valence-electron chi connectivity index (χ0n) is 14.1. The Morgan fingerprint density at radius 2 is 1.88 bits per heavy atom. The Balaban J connectivity index is 1.59. The van der Waals surface area contributed by atoms with Crippen LogP contribution in [-0.2, 0) is 23.3 Å². The highest BCUT2D eigenvalue weighted by Crippen LogP contribution is 2.36. The van der Waals surface area contributed by atoms with E-state index < -0.39 is 5.60 Å². The second-order valence-electron chi connectivity index (χ2n) is 6.24. The molecule has 3 rings (SSSR count). The Labute approximate surface area is 143 Å². The number of aliphatic hydroxyl groups is 1. The predicted molar refractivity (Wildman–Crippen MR) is 94.2 cm³/mol. The van der Waals surface area contributed by atoms with Crippen molar-refractivity contribution in [3.63, 3.8) is 0 Å². The van der Waals surface area contributed by atoms with Crippen molar-refractivity contribution in [1.82, 2.24) is 5.32 Å². The van der Waals surface area contributed by atoms with Gasteiger partial charge in [0.25, 0.3) is 0 Å². The lowest BCUT2D eigenvalue weighted by Crippen LogP contribution is -2.36. The minimum Gasteiger partial charge on any atom is -0.491 e. The van der Waals surface area contributed by atoms with Crippen molar-refractivity contribution in [3.8, 4) is 5.75 Å². The van der Waals surface area contributed by atoms with E-state index in [1.54, 1.807) is 7.11 Å². The molecule has 1 aliphatic carbocycles. The second kappa shape index (κ2) is 7.79. The monoisotopic (exact) mass is 327 g/mol. The van der Waals surface area contributed by atoms with Crippen LogP contribution in [0.4, 0.5) is 0 Å². The van der Waals surface area contributed by atoms with E-state index in [0.717, 1.165) is 29.7 Å². The van der Waals surface area contributed by atoms with Gasteiger partial charge in [-0.2, -0.15) is 0 Å². The number of para-hydroxylation sites is 1. The lowest BCUT2D eigenvalue weighted by atomic mass is 9.96. The molecule has 0 fully saturated rings. The molecule has 2 N–H and O–H groups in total. The van der Waals surface area contributed by atoms with Crippen molar-refractivity contribution < 1.29 is 14.6 Å². The first-order valence-corrected chi connectivity index (χ1v) is 8.44. The van der Waals surface area contributed by atoms with Crippen LogP contribution in [0.15, 0.2) is 48.5 Å². The predicted octanol–water partition coefficient (Wildman–Crippen LogP) is 2.64. The number of hydrogen-bond donors (Lipinski definition) is 2. The number of benzene rings is 2. The molecule has 1 unspecified atom stereocenters. The molecule has 0 heterocycles. The average Bonchev–Trinajstić information content (AvgIpc) is 2.94. The third kappa shape index (κ3) is 3.78. The van der Waals surface area contributed by atoms with E-state index >= 15 is 0 Å². The maximum atomic E-state index is 11.0. The van der Waals surface area contributed by atoms with Crippen molar-refractivity contribution in [2.75, 3.05) is 26.9 Å². The van der Waals surface area contributed by atoms with Crippen LogP contribution in [-0.4, -0.2) is 32.0 Å². The number of nitrogens with one attached hydrogen (secondary N) is 1. The molecule has 24 heavy (non-hydrogen) atoms. The van der Waals surface area contributed by atoms with Gasteiger partial charge in [0, 0.05) is 25.8 Å². The molecule has 0 radical (unpaired) electrons. The molecule has 0 spiro atoms. The molecule has 1 aliphatic rings. The fourth-order valence-electron chi connectivity index (χ4n) is 3.28. The van der Waals surface area contributed by atoms with Crippen molar-refractivity contribution in [2.24, 2.45) is 0 Å². The zero-order valence-corrected chi connectivity index (χ0v) is 14.1. The minimum absolute atomic E-state index is 0.533. The SMILES string of the molecule is COCCOc1ccccc1CNCC1(O)CCc2ccccc21. The third-order valence-corrected chi connectivity index (χ3v) is 4.58. The van der Waals surface area contributed by atoms with Crippen LogP contribution in [0.2, 0.25) is 0 Å². The van der Waals surface area contributed by atoms with Crippen LogP contribution in [0.1, 0.15) is 23.1 Å². The van der Waals surface area contributed by atoms with Crippen LogP contribution in [0, 0.1) is 0 Å². The Morgan fingerprint density at radius 1 is 1.08 bits per heavy atom. The molecule has 0 saturated carbocycles. The summed E-state index contributed by atoms with van der Waals surface area (Å²) in [5.41, 5.74) is 2.62. The van der Waals surface area contributed by atoms with E-state index in [2.05, 4.69) is 11.4 Å². The molecule has 4 nitrogen and oxygen atoms in total. The summed E-state index contributed by atoms with van der Waals surface area (Å²) in [6.07, 6.45) is 1.70. The molecule has 2 aromatic carbocycles. The summed E-state index contributed by atoms with van der Waals surface area (Å²) in [7, 11) is 1.66. The third-order valence-electron chi connectivity index (χ3n) is 4.58. The van der Waals surface area contributed by atoms with Gasteiger partial charge in [-0.25, -0.2) is 0 Å². The van der Waals surface area contributed by atoms with Crippen LogP contribution < -0.4 is 10.1 Å². The fourth-order valence-corrected chi connectivity index (χ4v) is 3.28. The normalized spacial score (nSPS) is 19.2. The van der Waals surface area contributed by atoms with Crippen molar-refractivity contribution >= 4 is 0 Å². The molecule has 128 valence electrons. The van der Waals surface area contributed by atoms with Crippen molar-refractivity contribution in [2.45, 2.75) is 25.0 Å². The number of aryl methyl sites for hydroxylation is 1. The van der Waals surface area contributed by atoms with Crippen molar-refractivity contribution in [1.29, 1.82) is 0 Å². The van der Waals surface area contributed by atoms with Gasteiger partial charge < -0.3 is 19.9 Å². The van der Waals surface area contributed by atoms with Gasteiger partial charge in [0.2, 0.25) is 0 Å². The first-order valence-electron chi connectivity index (χ1n) is 8.44. The summed E-state index contributed by atoms with van der Waals surface area (Å²) in [6, 6.07) is 16.1. The molecular weight excluding hydrogens is 302 g/mol. The molecule has 0 aromatic heterocycles. The molecule has 0 amide bonds. The molecule has 0 saturated heterocycles. The molecule has 0 bridgehead atoms. The Morgan fingerprint density at radius 3 is 2.75 bits per heavy atom. The van der Waals surface area contributed by atoms with Gasteiger partial charge in [-0.15, -0.1) is 0 Å². The number of methoxy groups -OCH3 is 1. The summed E-state index contributed by atoms with van der Waals surface area (Å²) in [5, 5.41) is 14.3. The second-order valence-corrected chi connectivity index (χ2v) is 6.24. The van der Waals surface area contributed by atoms with Gasteiger partial charge in [-0.3, -0.25) is 0 Å². The maximum Gasteiger partial charge on any atom is 0.123 e. The lowest BCUT2D eigenvalue weighted by molar-refractivity contribution is 0.0384. The maximum absolute atomic E-state index is 11.0. The summed E-state index contributed by atoms with van der Waals surface area (Å²) < 4.78 is 10.8. The smallest absolute Gasteiger partial charge is 0.123 e. The van der Waals surface area contributed by atoms with E-state index in [4.69, 9.17) is 9.47 Å². The van der Waals surface area contributed by atoms with E-state index in [-0.39, 0.29) is 0 Å². The highest BCUT2D eigenvalue weighted by Gasteiger charge is 2.35. The Hall–Kier alpha value is -1.88. The Bertz CT molecular complexity index is 673. The van der Waals surface area contributed by atoms with Gasteiger partial charge in [-0.05, 0) is 30.0 Å². The van der Waals surface area contributed by atoms with Crippen LogP contribution in [0.5, 0.6) is 5.75 Å². The fraction of sp³-hybridized carbons (Fsp3) is 0.400. The van der Waals surface area contributed by atoms with Gasteiger partial charge >= 0.3 is 0 Å². The number of hydrogen-bond acceptors (Lipinski definition) is 4. The number of fused-ring (bicyclic) bond motifs is 1. The van der Waals surface area contributed by atoms with Gasteiger partial charge in [0.05, 0.1) is 6.61 Å². The highest BCUT2D eigenvalue weighted by atomic mass is 16.5. The first-order chi connectivity index (χ1) is 11.7. The van der Waals surface area contributed by atoms with Gasteiger partial charge in [-0.1, -0.05) is 42.5 Å². The van der Waals surface area contributed by atoms with E-state index in [9.17, 15) is 5.11 Å². The first kappa shape index (κ1) is 17.0. The summed E-state index contributed by atoms with van der Waals surface area (Å²) in [4.78, 5) is 0. The minimum atomic E-state index is -0.775. The van der Waals surface area contributed by atoms with Crippen LogP contribution >= 0.6 is 0 Å². The van der Waals surface area contributed by atoms with Gasteiger partial charge in [0.15, 0.2) is 0 Å². The average molecular weight is 327 g/mol. The number of rotatable bonds is 8. The van der Waals surface area contributed by atoms with Crippen LogP contribution in [0.25, 0.3) is 0 Å². The van der Waals surface area contributed by atoms with E-state index in [1.165, 1.54) is 5.56 Å². The van der Waals surface area contributed by atoms with Crippen molar-refractivity contribution in [3.05, 3.63) is 65.2 Å². The topological polar surface area (TPSA) is 50.7 Å². The molecule has 2 aromatic rings. The summed E-state index contributed by atoms with van der Waals surface area (Å²) in [6.45, 7) is 2.30. The highest BCUT2D eigenvalue weighted by molar-refractivity contribution is 5.37. The molecular formula is C20H25NO3. The quantitative estimate of drug-likeness (QED) is 0.732. The standard InChI is InChI=1S/C20H25NO3/c1-23-12-13-24-19-9-5-3-7-17(19)14-21-15-20(22)11-10-16-6-2-4-8-18(16)20/h2-9,21-22H,10-15H2,1H3. The summed E-state index contributed by atoms with van der Waals surface area (Å²) >= 11 is 0. The molecule has 4 heteroatoms. The number of ether oxygens (including phenoxy) is 2.